The van der Waals surface area contributed by atoms with E-state index in [0.717, 1.165) is 5.56 Å². The van der Waals surface area contributed by atoms with E-state index < -0.39 is 12.2 Å². The van der Waals surface area contributed by atoms with E-state index in [1.807, 2.05) is 6.07 Å². The van der Waals surface area contributed by atoms with Crippen molar-refractivity contribution in [3.63, 3.8) is 0 Å². The van der Waals surface area contributed by atoms with E-state index in [1.165, 1.54) is 11.8 Å². The number of aromatic nitrogens is 1. The van der Waals surface area contributed by atoms with Crippen LogP contribution in [-0.2, 0) is 9.53 Å². The van der Waals surface area contributed by atoms with Gasteiger partial charge in [-0.05, 0) is 36.4 Å². The van der Waals surface area contributed by atoms with Crippen LogP contribution in [0.25, 0.3) is 11.1 Å². The highest BCUT2D eigenvalue weighted by molar-refractivity contribution is 6.39. The molecule has 1 aromatic heterocycles. The molecule has 0 bridgehead atoms. The van der Waals surface area contributed by atoms with Crippen LogP contribution in [0.3, 0.4) is 0 Å². The molecule has 0 aliphatic carbocycles. The minimum Gasteiger partial charge on any atom is -0.442 e. The zero-order valence-corrected chi connectivity index (χ0v) is 20.9. The number of rotatable bonds is 4. The molecule has 2 heterocycles. The normalized spacial score (nSPS) is 14.8. The molecule has 1 aliphatic rings. The molecule has 178 valence electrons. The highest BCUT2D eigenvalue weighted by Gasteiger charge is 2.33. The molecule has 1 unspecified atom stereocenters. The third kappa shape index (κ3) is 6.90. The van der Waals surface area contributed by atoms with Crippen LogP contribution in [0.1, 0.15) is 6.92 Å². The number of ether oxygens (including phenoxy) is 1. The molecule has 2 amide bonds. The molecule has 3 aromatic rings. The molecule has 3 N–H and O–H groups in total. The second kappa shape index (κ2) is 11.6. The molecule has 2 aromatic carbocycles. The van der Waals surface area contributed by atoms with Crippen LogP contribution < -0.4 is 16.0 Å². The van der Waals surface area contributed by atoms with Crippen molar-refractivity contribution >= 4 is 69.8 Å². The number of carbonyl (C=O) groups excluding carboxylic acids is 2. The summed E-state index contributed by atoms with van der Waals surface area (Å²) >= 11 is 23.9. The summed E-state index contributed by atoms with van der Waals surface area (Å²) in [6.45, 7) is 1.97. The van der Waals surface area contributed by atoms with Crippen LogP contribution in [0.2, 0.25) is 20.1 Å². The fourth-order valence-electron chi connectivity index (χ4n) is 3.17. The van der Waals surface area contributed by atoms with Crippen molar-refractivity contribution in [1.82, 2.24) is 10.3 Å². The lowest BCUT2D eigenvalue weighted by molar-refractivity contribution is -0.119. The SMILES string of the molecule is CC(=O)NCC1CN(c2cc(Cl)c(-c3cccnc3)c(Cl)c2)C(=O)O1.Nc1cc(Cl)cc(Cl)c1. The van der Waals surface area contributed by atoms with Crippen molar-refractivity contribution in [3.8, 4) is 11.1 Å². The first-order chi connectivity index (χ1) is 16.1. The van der Waals surface area contributed by atoms with Gasteiger partial charge in [0.15, 0.2) is 0 Å². The van der Waals surface area contributed by atoms with Gasteiger partial charge in [0, 0.05) is 46.2 Å². The second-order valence-electron chi connectivity index (χ2n) is 7.28. The summed E-state index contributed by atoms with van der Waals surface area (Å²) in [6.07, 6.45) is 2.40. The number of hydrogen-bond acceptors (Lipinski definition) is 5. The van der Waals surface area contributed by atoms with Crippen molar-refractivity contribution in [2.75, 3.05) is 23.7 Å². The molecule has 34 heavy (non-hydrogen) atoms. The second-order valence-corrected chi connectivity index (χ2v) is 8.97. The molecule has 4 rings (SSSR count). The highest BCUT2D eigenvalue weighted by Crippen LogP contribution is 2.38. The Morgan fingerprint density at radius 3 is 2.32 bits per heavy atom. The Hall–Kier alpha value is -2.71. The van der Waals surface area contributed by atoms with E-state index in [2.05, 4.69) is 10.3 Å². The molecule has 1 fully saturated rings. The van der Waals surface area contributed by atoms with Crippen LogP contribution in [0.15, 0.2) is 54.9 Å². The Morgan fingerprint density at radius 2 is 1.79 bits per heavy atom. The van der Waals surface area contributed by atoms with Crippen molar-refractivity contribution < 1.29 is 14.3 Å². The first-order valence-electron chi connectivity index (χ1n) is 9.97. The molecule has 11 heteroatoms. The number of nitrogens with two attached hydrogens (primary N) is 1. The number of nitrogen functional groups attached to an aromatic ring is 1. The maximum absolute atomic E-state index is 12.1. The van der Waals surface area contributed by atoms with Gasteiger partial charge in [0.05, 0.1) is 28.8 Å². The molecular weight excluding hydrogens is 522 g/mol. The van der Waals surface area contributed by atoms with Crippen LogP contribution in [0.4, 0.5) is 16.2 Å². The fraction of sp³-hybridized carbons (Fsp3) is 0.174. The first-order valence-corrected chi connectivity index (χ1v) is 11.5. The molecular formula is C23H20Cl4N4O3. The zero-order chi connectivity index (χ0) is 24.8. The standard InChI is InChI=1S/C17H15Cl2N3O3.C6H5Cl2N/c1-10(23)21-8-13-9-22(17(24)25-13)12-5-14(18)16(15(19)6-12)11-3-2-4-20-7-11;7-4-1-5(8)3-6(9)2-4/h2-7,13H,8-9H2,1H3,(H,21,23);1-3H,9H2. The van der Waals surface area contributed by atoms with Crippen molar-refractivity contribution in [2.24, 2.45) is 0 Å². The third-order valence-electron chi connectivity index (χ3n) is 4.63. The lowest BCUT2D eigenvalue weighted by atomic mass is 10.1. The Kier molecular flexibility index (Phi) is 8.85. The number of nitrogens with zero attached hydrogens (tertiary/aromatic N) is 2. The Morgan fingerprint density at radius 1 is 1.15 bits per heavy atom. The van der Waals surface area contributed by atoms with Gasteiger partial charge >= 0.3 is 6.09 Å². The maximum Gasteiger partial charge on any atom is 0.414 e. The summed E-state index contributed by atoms with van der Waals surface area (Å²) in [5.74, 6) is -0.179. The number of halogens is 4. The predicted octanol–water partition coefficient (Wildman–Crippen LogP) is 6.09. The van der Waals surface area contributed by atoms with Crippen LogP contribution >= 0.6 is 46.4 Å². The first kappa shape index (κ1) is 25.9. The average Bonchev–Trinajstić information content (AvgIpc) is 3.12. The van der Waals surface area contributed by atoms with Gasteiger partial charge in [0.1, 0.15) is 6.10 Å². The number of benzene rings is 2. The van der Waals surface area contributed by atoms with Gasteiger partial charge in [-0.3, -0.25) is 14.7 Å². The molecule has 0 radical (unpaired) electrons. The third-order valence-corrected chi connectivity index (χ3v) is 5.66. The van der Waals surface area contributed by atoms with Crippen LogP contribution in [-0.4, -0.2) is 36.2 Å². The minimum absolute atomic E-state index is 0.179. The summed E-state index contributed by atoms with van der Waals surface area (Å²) in [7, 11) is 0. The zero-order valence-electron chi connectivity index (χ0n) is 17.9. The molecule has 1 atom stereocenters. The minimum atomic E-state index is -0.503. The smallest absolute Gasteiger partial charge is 0.414 e. The Labute approximate surface area is 216 Å². The van der Waals surface area contributed by atoms with Crippen molar-refractivity contribution in [2.45, 2.75) is 13.0 Å². The fourth-order valence-corrected chi connectivity index (χ4v) is 4.41. The number of carbonyl (C=O) groups is 2. The quantitative estimate of drug-likeness (QED) is 0.389. The van der Waals surface area contributed by atoms with E-state index in [-0.39, 0.29) is 12.5 Å². The summed E-state index contributed by atoms with van der Waals surface area (Å²) in [5, 5.41) is 4.59. The number of cyclic esters (lactones) is 1. The summed E-state index contributed by atoms with van der Waals surface area (Å²) in [4.78, 5) is 28.6. The van der Waals surface area contributed by atoms with Gasteiger partial charge in [-0.15, -0.1) is 0 Å². The van der Waals surface area contributed by atoms with E-state index in [4.69, 9.17) is 56.9 Å². The predicted molar refractivity (Wildman–Crippen MR) is 137 cm³/mol. The molecule has 7 nitrogen and oxygen atoms in total. The van der Waals surface area contributed by atoms with Gasteiger partial charge in [-0.1, -0.05) is 52.5 Å². The summed E-state index contributed by atoms with van der Waals surface area (Å²) in [6, 6.07) is 11.9. The average molecular weight is 542 g/mol. The lowest BCUT2D eigenvalue weighted by Gasteiger charge is -2.16. The molecule has 0 saturated carbocycles. The highest BCUT2D eigenvalue weighted by atomic mass is 35.5. The number of nitrogens with one attached hydrogen (secondary N) is 1. The molecule has 1 saturated heterocycles. The molecule has 1 aliphatic heterocycles. The van der Waals surface area contributed by atoms with Crippen molar-refractivity contribution in [1.29, 1.82) is 0 Å². The van der Waals surface area contributed by atoms with E-state index in [9.17, 15) is 9.59 Å². The number of amides is 2. The van der Waals surface area contributed by atoms with Gasteiger partial charge in [0.2, 0.25) is 5.91 Å². The van der Waals surface area contributed by atoms with E-state index in [0.29, 0.717) is 43.6 Å². The monoisotopic (exact) mass is 540 g/mol. The maximum atomic E-state index is 12.1. The Balaban J connectivity index is 0.000000302. The van der Waals surface area contributed by atoms with E-state index in [1.54, 1.807) is 48.8 Å². The Bertz CT molecular complexity index is 1120. The summed E-state index contributed by atoms with van der Waals surface area (Å²) < 4.78 is 5.25. The van der Waals surface area contributed by atoms with Gasteiger partial charge < -0.3 is 15.8 Å². The van der Waals surface area contributed by atoms with Gasteiger partial charge in [0.25, 0.3) is 0 Å². The van der Waals surface area contributed by atoms with Gasteiger partial charge in [-0.25, -0.2) is 4.79 Å². The van der Waals surface area contributed by atoms with Crippen molar-refractivity contribution in [3.05, 3.63) is 74.9 Å². The largest absolute Gasteiger partial charge is 0.442 e. The van der Waals surface area contributed by atoms with E-state index >= 15 is 0 Å². The van der Waals surface area contributed by atoms with Crippen LogP contribution in [0.5, 0.6) is 0 Å². The number of hydrogen-bond donors (Lipinski definition) is 2. The molecule has 0 spiro atoms. The van der Waals surface area contributed by atoms with Crippen LogP contribution in [0, 0.1) is 0 Å². The number of anilines is 2. The summed E-state index contributed by atoms with van der Waals surface area (Å²) in [5.41, 5.74) is 7.96. The van der Waals surface area contributed by atoms with Gasteiger partial charge in [-0.2, -0.15) is 0 Å². The topological polar surface area (TPSA) is 97.5 Å². The lowest BCUT2D eigenvalue weighted by Crippen LogP contribution is -2.33. The number of pyridine rings is 1.